The monoisotopic (exact) mass is 428 g/mol. The van der Waals surface area contributed by atoms with Gasteiger partial charge >= 0.3 is 0 Å². The first-order valence-corrected chi connectivity index (χ1v) is 10.5. The topological polar surface area (TPSA) is 57.7 Å². The number of amides is 1. The van der Waals surface area contributed by atoms with Crippen LogP contribution in [-0.4, -0.2) is 43.7 Å². The van der Waals surface area contributed by atoms with Crippen molar-refractivity contribution < 1.29 is 26.4 Å². The van der Waals surface area contributed by atoms with Gasteiger partial charge in [-0.05, 0) is 42.8 Å². The lowest BCUT2D eigenvalue weighted by atomic mass is 10.1. The minimum Gasteiger partial charge on any atom is -0.335 e. The summed E-state index contributed by atoms with van der Waals surface area (Å²) in [7, 11) is -2.50. The lowest BCUT2D eigenvalue weighted by Gasteiger charge is -2.26. The van der Waals surface area contributed by atoms with Crippen molar-refractivity contribution >= 4 is 15.9 Å². The van der Waals surface area contributed by atoms with Crippen molar-refractivity contribution in [3.63, 3.8) is 0 Å². The van der Waals surface area contributed by atoms with Crippen molar-refractivity contribution in [1.82, 2.24) is 9.21 Å². The highest BCUT2D eigenvalue weighted by atomic mass is 32.2. The van der Waals surface area contributed by atoms with Gasteiger partial charge in [0.15, 0.2) is 11.6 Å². The first-order valence-electron chi connectivity index (χ1n) is 9.06. The Morgan fingerprint density at radius 3 is 2.10 bits per heavy atom. The van der Waals surface area contributed by atoms with Crippen LogP contribution in [0.2, 0.25) is 0 Å². The maximum atomic E-state index is 14.4. The molecule has 0 aliphatic heterocycles. The first-order chi connectivity index (χ1) is 13.5. The zero-order chi connectivity index (χ0) is 21.9. The van der Waals surface area contributed by atoms with E-state index in [0.717, 1.165) is 35.2 Å². The highest BCUT2D eigenvalue weighted by Gasteiger charge is 2.27. The first kappa shape index (κ1) is 22.9. The highest BCUT2D eigenvalue weighted by Crippen LogP contribution is 2.25. The summed E-state index contributed by atoms with van der Waals surface area (Å²) < 4.78 is 67.6. The van der Waals surface area contributed by atoms with Gasteiger partial charge in [0, 0.05) is 20.1 Å². The Kier molecular flexibility index (Phi) is 7.07. The smallest absolute Gasteiger partial charge is 0.257 e. The largest absolute Gasteiger partial charge is 0.335 e. The van der Waals surface area contributed by atoms with Gasteiger partial charge in [-0.1, -0.05) is 19.9 Å². The van der Waals surface area contributed by atoms with Crippen molar-refractivity contribution in [3.05, 3.63) is 65.0 Å². The van der Waals surface area contributed by atoms with Crippen LogP contribution in [0.5, 0.6) is 0 Å². The van der Waals surface area contributed by atoms with E-state index in [1.54, 1.807) is 20.8 Å². The molecule has 0 bridgehead atoms. The molecule has 0 N–H and O–H groups in total. The molecule has 9 heteroatoms. The second-order valence-electron chi connectivity index (χ2n) is 6.50. The number of hydrogen-bond acceptors (Lipinski definition) is 3. The number of nitrogens with zero attached hydrogens (tertiary/aromatic N) is 2. The van der Waals surface area contributed by atoms with Crippen molar-refractivity contribution in [2.45, 2.75) is 31.7 Å². The molecule has 0 saturated heterocycles. The van der Waals surface area contributed by atoms with Crippen molar-refractivity contribution in [2.24, 2.45) is 0 Å². The van der Waals surface area contributed by atoms with Gasteiger partial charge in [0.1, 0.15) is 5.82 Å². The lowest BCUT2D eigenvalue weighted by molar-refractivity contribution is 0.0737. The van der Waals surface area contributed by atoms with Crippen LogP contribution < -0.4 is 0 Å². The summed E-state index contributed by atoms with van der Waals surface area (Å²) in [5.41, 5.74) is -0.109. The number of carbonyl (C=O) groups excluding carboxylic acids is 1. The molecule has 0 aliphatic rings. The van der Waals surface area contributed by atoms with Gasteiger partial charge in [-0.3, -0.25) is 4.79 Å². The molecular weight excluding hydrogens is 405 g/mol. The van der Waals surface area contributed by atoms with Crippen molar-refractivity contribution in [2.75, 3.05) is 20.1 Å². The van der Waals surface area contributed by atoms with Gasteiger partial charge in [0.25, 0.3) is 5.91 Å². The Hall–Kier alpha value is -2.39. The predicted molar refractivity (Wildman–Crippen MR) is 103 cm³/mol. The zero-order valence-electron chi connectivity index (χ0n) is 16.6. The average molecular weight is 428 g/mol. The van der Waals surface area contributed by atoms with E-state index in [9.17, 15) is 26.4 Å². The molecule has 0 aliphatic carbocycles. The third kappa shape index (κ3) is 4.62. The Balaban J connectivity index is 2.40. The molecule has 0 radical (unpaired) electrons. The van der Waals surface area contributed by atoms with E-state index in [0.29, 0.717) is 5.56 Å². The Labute approximate surface area is 168 Å². The summed E-state index contributed by atoms with van der Waals surface area (Å²) in [4.78, 5) is 13.8. The highest BCUT2D eigenvalue weighted by molar-refractivity contribution is 7.89. The number of sulfonamides is 1. The Bertz CT molecular complexity index is 1010. The standard InChI is InChI=1S/C20H23F3N2O3S/c1-5-25(6-2)29(27,28)15-8-10-17(21)16(12-15)20(26)24(4)13(3)14-7-9-18(22)19(23)11-14/h7-13H,5-6H2,1-4H3. The molecule has 0 spiro atoms. The zero-order valence-corrected chi connectivity index (χ0v) is 17.4. The van der Waals surface area contributed by atoms with Crippen LogP contribution in [0, 0.1) is 17.5 Å². The van der Waals surface area contributed by atoms with Gasteiger partial charge in [0.05, 0.1) is 16.5 Å². The van der Waals surface area contributed by atoms with E-state index in [4.69, 9.17) is 0 Å². The summed E-state index contributed by atoms with van der Waals surface area (Å²) in [5, 5.41) is 0. The molecule has 0 heterocycles. The van der Waals surface area contributed by atoms with Gasteiger partial charge in [0.2, 0.25) is 10.0 Å². The third-order valence-electron chi connectivity index (χ3n) is 4.84. The molecule has 1 unspecified atom stereocenters. The second-order valence-corrected chi connectivity index (χ2v) is 8.43. The lowest BCUT2D eigenvalue weighted by Crippen LogP contribution is -2.32. The van der Waals surface area contributed by atoms with Crippen LogP contribution >= 0.6 is 0 Å². The fraction of sp³-hybridized carbons (Fsp3) is 0.350. The van der Waals surface area contributed by atoms with Crippen LogP contribution in [0.25, 0.3) is 0 Å². The molecule has 2 aromatic rings. The molecule has 1 amide bonds. The third-order valence-corrected chi connectivity index (χ3v) is 6.88. The normalized spacial score (nSPS) is 12.8. The molecular formula is C20H23F3N2O3S. The van der Waals surface area contributed by atoms with E-state index in [2.05, 4.69) is 0 Å². The van der Waals surface area contributed by atoms with E-state index < -0.39 is 45.0 Å². The van der Waals surface area contributed by atoms with Crippen LogP contribution in [0.4, 0.5) is 13.2 Å². The van der Waals surface area contributed by atoms with Gasteiger partial charge < -0.3 is 4.90 Å². The fourth-order valence-electron chi connectivity index (χ4n) is 2.90. The summed E-state index contributed by atoms with van der Waals surface area (Å²) in [6, 6.07) is 5.56. The summed E-state index contributed by atoms with van der Waals surface area (Å²) in [5.74, 6) is -3.74. The van der Waals surface area contributed by atoms with Crippen LogP contribution in [0.1, 0.15) is 42.7 Å². The number of rotatable bonds is 7. The molecule has 0 fully saturated rings. The summed E-state index contributed by atoms with van der Waals surface area (Å²) >= 11 is 0. The Morgan fingerprint density at radius 1 is 0.966 bits per heavy atom. The number of halogens is 3. The van der Waals surface area contributed by atoms with Gasteiger partial charge in [-0.15, -0.1) is 0 Å². The number of benzene rings is 2. The maximum Gasteiger partial charge on any atom is 0.257 e. The van der Waals surface area contributed by atoms with E-state index >= 15 is 0 Å². The molecule has 0 aromatic heterocycles. The molecule has 0 saturated carbocycles. The van der Waals surface area contributed by atoms with E-state index in [1.807, 2.05) is 0 Å². The molecule has 2 aromatic carbocycles. The minimum atomic E-state index is -3.88. The summed E-state index contributed by atoms with van der Waals surface area (Å²) in [6.07, 6.45) is 0. The van der Waals surface area contributed by atoms with E-state index in [1.165, 1.54) is 17.4 Å². The number of carbonyl (C=O) groups is 1. The quantitative estimate of drug-likeness (QED) is 0.671. The van der Waals surface area contributed by atoms with Gasteiger partial charge in [-0.2, -0.15) is 4.31 Å². The molecule has 158 valence electrons. The Morgan fingerprint density at radius 2 is 1.55 bits per heavy atom. The number of hydrogen-bond donors (Lipinski definition) is 0. The average Bonchev–Trinajstić information content (AvgIpc) is 2.69. The SMILES string of the molecule is CCN(CC)S(=O)(=O)c1ccc(F)c(C(=O)N(C)C(C)c2ccc(F)c(F)c2)c1. The maximum absolute atomic E-state index is 14.4. The van der Waals surface area contributed by atoms with Crippen LogP contribution in [0.15, 0.2) is 41.3 Å². The van der Waals surface area contributed by atoms with E-state index in [-0.39, 0.29) is 18.0 Å². The molecule has 5 nitrogen and oxygen atoms in total. The minimum absolute atomic E-state index is 0.195. The van der Waals surface area contributed by atoms with Crippen molar-refractivity contribution in [1.29, 1.82) is 0 Å². The second kappa shape index (κ2) is 8.96. The fourth-order valence-corrected chi connectivity index (χ4v) is 4.39. The molecule has 1 atom stereocenters. The molecule has 2 rings (SSSR count). The summed E-state index contributed by atoms with van der Waals surface area (Å²) in [6.45, 7) is 5.37. The van der Waals surface area contributed by atoms with Crippen LogP contribution in [-0.2, 0) is 10.0 Å². The molecule has 29 heavy (non-hydrogen) atoms. The van der Waals surface area contributed by atoms with Crippen molar-refractivity contribution in [3.8, 4) is 0 Å². The van der Waals surface area contributed by atoms with Gasteiger partial charge in [-0.25, -0.2) is 21.6 Å². The van der Waals surface area contributed by atoms with Crippen LogP contribution in [0.3, 0.4) is 0 Å². The predicted octanol–water partition coefficient (Wildman–Crippen LogP) is 3.97.